The summed E-state index contributed by atoms with van der Waals surface area (Å²) >= 11 is 0. The molecule has 104 valence electrons. The van der Waals surface area contributed by atoms with E-state index in [9.17, 15) is 9.18 Å². The first-order valence-corrected chi connectivity index (χ1v) is 6.42. The molecule has 0 fully saturated rings. The zero-order valence-electron chi connectivity index (χ0n) is 11.3. The second kappa shape index (κ2) is 6.70. The van der Waals surface area contributed by atoms with Crippen molar-refractivity contribution in [1.29, 1.82) is 0 Å². The summed E-state index contributed by atoms with van der Waals surface area (Å²) < 4.78 is 12.8. The lowest BCUT2D eigenvalue weighted by Gasteiger charge is -2.18. The highest BCUT2D eigenvalue weighted by atomic mass is 19.1. The van der Waals surface area contributed by atoms with Crippen molar-refractivity contribution < 1.29 is 9.18 Å². The number of halogens is 1. The molecule has 0 aliphatic carbocycles. The second-order valence-electron chi connectivity index (χ2n) is 4.63. The second-order valence-corrected chi connectivity index (χ2v) is 4.63. The number of nitrogens with one attached hydrogen (secondary N) is 1. The van der Waals surface area contributed by atoms with Gasteiger partial charge in [0, 0.05) is 20.1 Å². The molecule has 2 aromatic carbocycles. The molecule has 0 aliphatic heterocycles. The minimum absolute atomic E-state index is 0.154. The van der Waals surface area contributed by atoms with Crippen LogP contribution in [0.4, 0.5) is 9.18 Å². The molecule has 0 heterocycles. The lowest BCUT2D eigenvalue weighted by Crippen LogP contribution is -2.36. The molecule has 2 amide bonds. The zero-order chi connectivity index (χ0) is 14.4. The van der Waals surface area contributed by atoms with Crippen molar-refractivity contribution in [2.45, 2.75) is 13.1 Å². The van der Waals surface area contributed by atoms with E-state index in [1.807, 2.05) is 30.3 Å². The summed E-state index contributed by atoms with van der Waals surface area (Å²) in [6.45, 7) is 0.939. The summed E-state index contributed by atoms with van der Waals surface area (Å²) in [4.78, 5) is 13.5. The van der Waals surface area contributed by atoms with Gasteiger partial charge in [-0.3, -0.25) is 0 Å². The number of carbonyl (C=O) groups excluding carboxylic acids is 1. The van der Waals surface area contributed by atoms with Gasteiger partial charge in [-0.2, -0.15) is 0 Å². The minimum Gasteiger partial charge on any atom is -0.334 e. The van der Waals surface area contributed by atoms with Crippen molar-refractivity contribution in [3.05, 3.63) is 71.5 Å². The molecule has 0 saturated heterocycles. The van der Waals surface area contributed by atoms with Crippen molar-refractivity contribution in [2.24, 2.45) is 0 Å². The molecule has 0 bridgehead atoms. The third-order valence-electron chi connectivity index (χ3n) is 2.97. The van der Waals surface area contributed by atoms with E-state index in [0.29, 0.717) is 13.1 Å². The van der Waals surface area contributed by atoms with Gasteiger partial charge in [0.25, 0.3) is 0 Å². The number of hydrogen-bond donors (Lipinski definition) is 1. The normalized spacial score (nSPS) is 10.1. The third-order valence-corrected chi connectivity index (χ3v) is 2.97. The standard InChI is InChI=1S/C16H17FN2O/c1-19(12-14-7-9-15(17)10-8-14)16(20)18-11-13-5-3-2-4-6-13/h2-10H,11-12H2,1H3,(H,18,20). The average molecular weight is 272 g/mol. The van der Waals surface area contributed by atoms with Crippen LogP contribution in [0.2, 0.25) is 0 Å². The number of amides is 2. The van der Waals surface area contributed by atoms with Gasteiger partial charge in [0.2, 0.25) is 0 Å². The van der Waals surface area contributed by atoms with E-state index in [2.05, 4.69) is 5.32 Å². The van der Waals surface area contributed by atoms with Crippen LogP contribution in [0.1, 0.15) is 11.1 Å². The SMILES string of the molecule is CN(Cc1ccc(F)cc1)C(=O)NCc1ccccc1. The van der Waals surface area contributed by atoms with Crippen LogP contribution in [-0.4, -0.2) is 18.0 Å². The van der Waals surface area contributed by atoms with Crippen LogP contribution in [0.15, 0.2) is 54.6 Å². The Balaban J connectivity index is 1.84. The molecular formula is C16H17FN2O. The van der Waals surface area contributed by atoms with Crippen LogP contribution >= 0.6 is 0 Å². The highest BCUT2D eigenvalue weighted by molar-refractivity contribution is 5.73. The summed E-state index contributed by atoms with van der Waals surface area (Å²) in [6, 6.07) is 15.7. The Bertz CT molecular complexity index is 554. The highest BCUT2D eigenvalue weighted by Crippen LogP contribution is 2.06. The van der Waals surface area contributed by atoms with Gasteiger partial charge < -0.3 is 10.2 Å². The van der Waals surface area contributed by atoms with Gasteiger partial charge >= 0.3 is 6.03 Å². The molecule has 1 N–H and O–H groups in total. The largest absolute Gasteiger partial charge is 0.334 e. The van der Waals surface area contributed by atoms with Crippen molar-refractivity contribution in [2.75, 3.05) is 7.05 Å². The van der Waals surface area contributed by atoms with E-state index in [4.69, 9.17) is 0 Å². The monoisotopic (exact) mass is 272 g/mol. The number of benzene rings is 2. The average Bonchev–Trinajstić information content (AvgIpc) is 2.48. The lowest BCUT2D eigenvalue weighted by molar-refractivity contribution is 0.206. The predicted molar refractivity (Wildman–Crippen MR) is 76.5 cm³/mol. The smallest absolute Gasteiger partial charge is 0.317 e. The molecular weight excluding hydrogens is 255 g/mol. The van der Waals surface area contributed by atoms with Crippen LogP contribution in [0.3, 0.4) is 0 Å². The Morgan fingerprint density at radius 1 is 1.05 bits per heavy atom. The molecule has 0 aromatic heterocycles. The Kier molecular flexibility index (Phi) is 4.71. The maximum atomic E-state index is 12.8. The van der Waals surface area contributed by atoms with E-state index in [0.717, 1.165) is 11.1 Å². The number of urea groups is 1. The van der Waals surface area contributed by atoms with E-state index >= 15 is 0 Å². The molecule has 3 nitrogen and oxygen atoms in total. The molecule has 0 aliphatic rings. The Labute approximate surface area is 118 Å². The van der Waals surface area contributed by atoms with Crippen LogP contribution in [0.25, 0.3) is 0 Å². The molecule has 4 heteroatoms. The summed E-state index contributed by atoms with van der Waals surface area (Å²) in [6.07, 6.45) is 0. The summed E-state index contributed by atoms with van der Waals surface area (Å²) in [5.74, 6) is -0.273. The predicted octanol–water partition coefficient (Wildman–Crippen LogP) is 3.17. The number of hydrogen-bond acceptors (Lipinski definition) is 1. The van der Waals surface area contributed by atoms with Gasteiger partial charge in [-0.25, -0.2) is 9.18 Å². The molecule has 2 rings (SSSR count). The van der Waals surface area contributed by atoms with E-state index in [-0.39, 0.29) is 11.8 Å². The fourth-order valence-corrected chi connectivity index (χ4v) is 1.84. The molecule has 0 unspecified atom stereocenters. The molecule has 0 atom stereocenters. The topological polar surface area (TPSA) is 32.3 Å². The van der Waals surface area contributed by atoms with Crippen LogP contribution in [0.5, 0.6) is 0 Å². The summed E-state index contributed by atoms with van der Waals surface area (Å²) in [7, 11) is 1.71. The van der Waals surface area contributed by atoms with Crippen molar-refractivity contribution in [3.63, 3.8) is 0 Å². The fraction of sp³-hybridized carbons (Fsp3) is 0.188. The van der Waals surface area contributed by atoms with E-state index in [1.165, 1.54) is 12.1 Å². The molecule has 0 saturated carbocycles. The highest BCUT2D eigenvalue weighted by Gasteiger charge is 2.08. The van der Waals surface area contributed by atoms with E-state index in [1.54, 1.807) is 24.1 Å². The Morgan fingerprint density at radius 3 is 2.35 bits per heavy atom. The van der Waals surface area contributed by atoms with Gasteiger partial charge in [0.15, 0.2) is 0 Å². The van der Waals surface area contributed by atoms with Crippen molar-refractivity contribution >= 4 is 6.03 Å². The quantitative estimate of drug-likeness (QED) is 0.911. The molecule has 2 aromatic rings. The van der Waals surface area contributed by atoms with E-state index < -0.39 is 0 Å². The van der Waals surface area contributed by atoms with Crippen molar-refractivity contribution in [3.8, 4) is 0 Å². The molecule has 20 heavy (non-hydrogen) atoms. The third kappa shape index (κ3) is 4.09. The van der Waals surface area contributed by atoms with Gasteiger partial charge in [-0.1, -0.05) is 42.5 Å². The van der Waals surface area contributed by atoms with Crippen LogP contribution < -0.4 is 5.32 Å². The Hall–Kier alpha value is -2.36. The van der Waals surface area contributed by atoms with Gasteiger partial charge in [-0.15, -0.1) is 0 Å². The summed E-state index contributed by atoms with van der Waals surface area (Å²) in [5.41, 5.74) is 1.94. The number of nitrogens with zero attached hydrogens (tertiary/aromatic N) is 1. The number of carbonyl (C=O) groups is 1. The first-order valence-electron chi connectivity index (χ1n) is 6.42. The van der Waals surface area contributed by atoms with Gasteiger partial charge in [-0.05, 0) is 23.3 Å². The molecule has 0 radical (unpaired) electrons. The zero-order valence-corrected chi connectivity index (χ0v) is 11.3. The fourth-order valence-electron chi connectivity index (χ4n) is 1.84. The maximum Gasteiger partial charge on any atom is 0.317 e. The first-order chi connectivity index (χ1) is 9.65. The van der Waals surface area contributed by atoms with Crippen molar-refractivity contribution in [1.82, 2.24) is 10.2 Å². The van der Waals surface area contributed by atoms with Gasteiger partial charge in [0.1, 0.15) is 5.82 Å². The first kappa shape index (κ1) is 14.1. The number of rotatable bonds is 4. The minimum atomic E-state index is -0.273. The van der Waals surface area contributed by atoms with Gasteiger partial charge in [0.05, 0.1) is 0 Å². The molecule has 0 spiro atoms. The summed E-state index contributed by atoms with van der Waals surface area (Å²) in [5, 5.41) is 2.84. The lowest BCUT2D eigenvalue weighted by atomic mass is 10.2. The van der Waals surface area contributed by atoms with Crippen LogP contribution in [0, 0.1) is 5.82 Å². The van der Waals surface area contributed by atoms with Crippen LogP contribution in [-0.2, 0) is 13.1 Å². The maximum absolute atomic E-state index is 12.8. The Morgan fingerprint density at radius 2 is 1.70 bits per heavy atom.